The van der Waals surface area contributed by atoms with Gasteiger partial charge >= 0.3 is 6.18 Å². The normalized spacial score (nSPS) is 14.1. The van der Waals surface area contributed by atoms with Crippen LogP contribution in [0.15, 0.2) is 36.4 Å². The predicted octanol–water partition coefficient (Wildman–Crippen LogP) is 4.88. The molecule has 4 aromatic rings. The quantitative estimate of drug-likeness (QED) is 0.420. The van der Waals surface area contributed by atoms with Crippen LogP contribution in [0.4, 0.5) is 23.2 Å². The summed E-state index contributed by atoms with van der Waals surface area (Å²) in [6.07, 6.45) is -3.06. The van der Waals surface area contributed by atoms with Crippen LogP contribution in [0.2, 0.25) is 0 Å². The van der Waals surface area contributed by atoms with E-state index in [0.29, 0.717) is 32.8 Å². The molecular weight excluding hydrogens is 452 g/mol. The number of nitrogens with zero attached hydrogens (tertiary/aromatic N) is 5. The summed E-state index contributed by atoms with van der Waals surface area (Å²) in [6, 6.07) is 8.35. The molecular formula is C23H20F4N6O. The van der Waals surface area contributed by atoms with Crippen molar-refractivity contribution in [2.45, 2.75) is 45.3 Å². The number of aromatic nitrogens is 5. The molecule has 0 radical (unpaired) electrons. The van der Waals surface area contributed by atoms with Gasteiger partial charge in [0, 0.05) is 17.7 Å². The molecule has 1 aliphatic carbocycles. The van der Waals surface area contributed by atoms with E-state index in [2.05, 4.69) is 20.5 Å². The van der Waals surface area contributed by atoms with Crippen LogP contribution in [-0.4, -0.2) is 30.3 Å². The van der Waals surface area contributed by atoms with Gasteiger partial charge in [-0.1, -0.05) is 12.1 Å². The fourth-order valence-electron chi connectivity index (χ4n) is 3.91. The largest absolute Gasteiger partial charge is 0.433 e. The van der Waals surface area contributed by atoms with Crippen molar-refractivity contribution in [3.05, 3.63) is 76.2 Å². The molecule has 34 heavy (non-hydrogen) atoms. The van der Waals surface area contributed by atoms with Crippen molar-refractivity contribution >= 4 is 17.2 Å². The summed E-state index contributed by atoms with van der Waals surface area (Å²) in [5.41, 5.74) is 1.41. The highest BCUT2D eigenvalue weighted by atomic mass is 19.4. The Labute approximate surface area is 191 Å². The van der Waals surface area contributed by atoms with Crippen molar-refractivity contribution in [1.29, 1.82) is 0 Å². The lowest BCUT2D eigenvalue weighted by atomic mass is 10.2. The highest BCUT2D eigenvalue weighted by Gasteiger charge is 2.37. The van der Waals surface area contributed by atoms with Gasteiger partial charge in [-0.25, -0.2) is 13.9 Å². The highest BCUT2D eigenvalue weighted by Crippen LogP contribution is 2.41. The lowest BCUT2D eigenvalue weighted by Gasteiger charge is -2.10. The molecule has 176 valence electrons. The van der Waals surface area contributed by atoms with Gasteiger partial charge in [-0.2, -0.15) is 23.4 Å². The lowest BCUT2D eigenvalue weighted by Crippen LogP contribution is -2.16. The number of amides is 1. The third-order valence-electron chi connectivity index (χ3n) is 5.81. The van der Waals surface area contributed by atoms with Gasteiger partial charge in [0.2, 0.25) is 0 Å². The first-order chi connectivity index (χ1) is 16.1. The van der Waals surface area contributed by atoms with Crippen molar-refractivity contribution in [3.63, 3.8) is 0 Å². The first-order valence-corrected chi connectivity index (χ1v) is 10.7. The molecule has 7 nitrogen and oxygen atoms in total. The summed E-state index contributed by atoms with van der Waals surface area (Å²) in [4.78, 5) is 17.2. The molecule has 0 atom stereocenters. The van der Waals surface area contributed by atoms with E-state index in [1.54, 1.807) is 30.7 Å². The van der Waals surface area contributed by atoms with Crippen LogP contribution >= 0.6 is 0 Å². The number of carbonyl (C=O) groups excluding carboxylic acids is 1. The van der Waals surface area contributed by atoms with Gasteiger partial charge in [-0.15, -0.1) is 0 Å². The number of nitrogens with one attached hydrogen (secondary N) is 1. The van der Waals surface area contributed by atoms with Crippen LogP contribution in [0.25, 0.3) is 5.65 Å². The molecule has 1 saturated carbocycles. The third kappa shape index (κ3) is 4.13. The number of rotatable bonds is 5. The molecule has 1 amide bonds. The Balaban J connectivity index is 1.44. The summed E-state index contributed by atoms with van der Waals surface area (Å²) in [7, 11) is 0. The SMILES string of the molecule is Cc1nn(Cc2cccc(F)c2)c(C)c1NC(=O)c1cc2nc(C3CC3)cc(C(F)(F)F)n2n1. The average molecular weight is 472 g/mol. The van der Waals surface area contributed by atoms with E-state index in [0.717, 1.165) is 18.9 Å². The van der Waals surface area contributed by atoms with Crippen LogP contribution in [0.5, 0.6) is 0 Å². The Morgan fingerprint density at radius 3 is 2.59 bits per heavy atom. The Morgan fingerprint density at radius 2 is 1.91 bits per heavy atom. The Kier molecular flexibility index (Phi) is 5.14. The number of anilines is 1. The van der Waals surface area contributed by atoms with Gasteiger partial charge in [-0.05, 0) is 50.5 Å². The maximum Gasteiger partial charge on any atom is 0.433 e. The Morgan fingerprint density at radius 1 is 1.15 bits per heavy atom. The molecule has 1 aliphatic rings. The minimum Gasteiger partial charge on any atom is -0.317 e. The number of hydrogen-bond acceptors (Lipinski definition) is 4. The Bertz CT molecular complexity index is 1420. The lowest BCUT2D eigenvalue weighted by molar-refractivity contribution is -0.142. The van der Waals surface area contributed by atoms with Gasteiger partial charge in [0.1, 0.15) is 11.5 Å². The van der Waals surface area contributed by atoms with Gasteiger partial charge < -0.3 is 5.32 Å². The number of alkyl halides is 3. The van der Waals surface area contributed by atoms with Crippen molar-refractivity contribution in [2.24, 2.45) is 0 Å². The standard InChI is InChI=1S/C23H20F4N6O/c1-12-21(13(2)32(30-12)11-14-4-3-5-16(24)8-14)29-22(34)18-10-20-28-17(15-6-7-15)9-19(23(25,26)27)33(20)31-18/h3-5,8-10,15H,6-7,11H2,1-2H3,(H,29,34). The van der Waals surface area contributed by atoms with Gasteiger partial charge in [0.05, 0.1) is 23.6 Å². The number of benzene rings is 1. The molecule has 0 unspecified atom stereocenters. The van der Waals surface area contributed by atoms with E-state index in [9.17, 15) is 22.4 Å². The maximum absolute atomic E-state index is 13.6. The predicted molar refractivity (Wildman–Crippen MR) is 115 cm³/mol. The average Bonchev–Trinajstić information content (AvgIpc) is 3.47. The van der Waals surface area contributed by atoms with E-state index in [1.165, 1.54) is 18.2 Å². The zero-order valence-corrected chi connectivity index (χ0v) is 18.3. The number of fused-ring (bicyclic) bond motifs is 1. The minimum absolute atomic E-state index is 0.00695. The third-order valence-corrected chi connectivity index (χ3v) is 5.81. The fraction of sp³-hybridized carbons (Fsp3) is 0.304. The van der Waals surface area contributed by atoms with E-state index in [4.69, 9.17) is 0 Å². The van der Waals surface area contributed by atoms with Crippen molar-refractivity contribution in [1.82, 2.24) is 24.4 Å². The van der Waals surface area contributed by atoms with Crippen LogP contribution in [-0.2, 0) is 12.7 Å². The van der Waals surface area contributed by atoms with Crippen molar-refractivity contribution < 1.29 is 22.4 Å². The van der Waals surface area contributed by atoms with Crippen LogP contribution in [0.1, 0.15) is 57.6 Å². The molecule has 0 saturated heterocycles. The molecule has 0 aliphatic heterocycles. The van der Waals surface area contributed by atoms with Crippen molar-refractivity contribution in [3.8, 4) is 0 Å². The monoisotopic (exact) mass is 472 g/mol. The van der Waals surface area contributed by atoms with Gasteiger partial charge in [0.25, 0.3) is 5.91 Å². The highest BCUT2D eigenvalue weighted by molar-refractivity contribution is 6.04. The summed E-state index contributed by atoms with van der Waals surface area (Å²) < 4.78 is 56.7. The molecule has 0 bridgehead atoms. The number of aryl methyl sites for hydroxylation is 1. The second-order valence-corrected chi connectivity index (χ2v) is 8.43. The van der Waals surface area contributed by atoms with E-state index in [-0.39, 0.29) is 29.6 Å². The van der Waals surface area contributed by atoms with Crippen molar-refractivity contribution in [2.75, 3.05) is 5.32 Å². The number of hydrogen-bond donors (Lipinski definition) is 1. The molecule has 11 heteroatoms. The molecule has 5 rings (SSSR count). The van der Waals surface area contributed by atoms with Gasteiger partial charge in [-0.3, -0.25) is 9.48 Å². The summed E-state index contributed by atoms with van der Waals surface area (Å²) in [5, 5.41) is 11.0. The first-order valence-electron chi connectivity index (χ1n) is 10.7. The van der Waals surface area contributed by atoms with Crippen LogP contribution in [0.3, 0.4) is 0 Å². The topological polar surface area (TPSA) is 77.1 Å². The minimum atomic E-state index is -4.64. The van der Waals surface area contributed by atoms with Crippen LogP contribution < -0.4 is 5.32 Å². The molecule has 1 fully saturated rings. The summed E-state index contributed by atoms with van der Waals surface area (Å²) in [5.74, 6) is -1.04. The Hall–Kier alpha value is -3.76. The molecule has 0 spiro atoms. The number of carbonyl (C=O) groups is 1. The molecule has 1 N–H and O–H groups in total. The zero-order chi connectivity index (χ0) is 24.2. The smallest absolute Gasteiger partial charge is 0.317 e. The number of halogens is 4. The first kappa shape index (κ1) is 22.1. The van der Waals surface area contributed by atoms with E-state index >= 15 is 0 Å². The molecule has 3 heterocycles. The summed E-state index contributed by atoms with van der Waals surface area (Å²) in [6.45, 7) is 3.72. The van der Waals surface area contributed by atoms with E-state index in [1.807, 2.05) is 0 Å². The fourth-order valence-corrected chi connectivity index (χ4v) is 3.91. The molecule has 1 aromatic carbocycles. The maximum atomic E-state index is 13.6. The second-order valence-electron chi connectivity index (χ2n) is 8.43. The zero-order valence-electron chi connectivity index (χ0n) is 18.3. The van der Waals surface area contributed by atoms with Crippen LogP contribution in [0, 0.1) is 19.7 Å². The summed E-state index contributed by atoms with van der Waals surface area (Å²) >= 11 is 0. The van der Waals surface area contributed by atoms with E-state index < -0.39 is 17.8 Å². The second kappa shape index (κ2) is 7.93. The molecule has 3 aromatic heterocycles. The van der Waals surface area contributed by atoms with Gasteiger partial charge in [0.15, 0.2) is 11.3 Å².